The van der Waals surface area contributed by atoms with Gasteiger partial charge in [0.2, 0.25) is 0 Å². The van der Waals surface area contributed by atoms with Gasteiger partial charge in [-0.25, -0.2) is 14.1 Å². The van der Waals surface area contributed by atoms with E-state index < -0.39 is 5.82 Å². The number of aryl methyl sites for hydroxylation is 1. The van der Waals surface area contributed by atoms with Crippen molar-refractivity contribution in [3.8, 4) is 5.75 Å². The molecule has 6 nitrogen and oxygen atoms in total. The highest BCUT2D eigenvalue weighted by Gasteiger charge is 2.28. The zero-order chi connectivity index (χ0) is 17.4. The van der Waals surface area contributed by atoms with Gasteiger partial charge in [-0.3, -0.25) is 0 Å². The predicted molar refractivity (Wildman–Crippen MR) is 94.6 cm³/mol. The fourth-order valence-electron chi connectivity index (χ4n) is 3.22. The van der Waals surface area contributed by atoms with Gasteiger partial charge in [-0.05, 0) is 44.9 Å². The summed E-state index contributed by atoms with van der Waals surface area (Å²) in [6, 6.07) is 1.87. The van der Waals surface area contributed by atoms with E-state index in [0.717, 1.165) is 36.3 Å². The first-order chi connectivity index (χ1) is 12.1. The van der Waals surface area contributed by atoms with Gasteiger partial charge in [0.1, 0.15) is 11.5 Å². The third kappa shape index (κ3) is 3.15. The highest BCUT2D eigenvalue weighted by atomic mass is 19.1. The summed E-state index contributed by atoms with van der Waals surface area (Å²) < 4.78 is 21.5. The van der Waals surface area contributed by atoms with Gasteiger partial charge in [-0.15, -0.1) is 0 Å². The molecule has 2 fully saturated rings. The molecule has 0 bridgehead atoms. The fraction of sp³-hybridized carbons (Fsp3) is 0.556. The van der Waals surface area contributed by atoms with E-state index in [2.05, 4.69) is 15.4 Å². The number of pyridine rings is 1. The third-order valence-corrected chi connectivity index (χ3v) is 5.27. The van der Waals surface area contributed by atoms with Crippen LogP contribution in [0.4, 0.5) is 21.7 Å². The molecule has 0 amide bonds. The topological polar surface area (TPSA) is 78.0 Å². The van der Waals surface area contributed by atoms with Crippen LogP contribution in [-0.4, -0.2) is 21.4 Å². The van der Waals surface area contributed by atoms with E-state index in [1.54, 1.807) is 0 Å². The molecule has 0 spiro atoms. The molecule has 2 aromatic rings. The molecule has 4 rings (SSSR count). The van der Waals surface area contributed by atoms with Crippen LogP contribution < -0.4 is 15.8 Å². The van der Waals surface area contributed by atoms with Crippen LogP contribution in [0.3, 0.4) is 0 Å². The number of aromatic nitrogens is 3. The lowest BCUT2D eigenvalue weighted by Crippen LogP contribution is -2.21. The monoisotopic (exact) mass is 345 g/mol. The second kappa shape index (κ2) is 6.54. The lowest BCUT2D eigenvalue weighted by molar-refractivity contribution is 0.180. The van der Waals surface area contributed by atoms with Crippen LogP contribution in [0, 0.1) is 18.7 Å². The number of ether oxygens (including phenoxy) is 1. The molecule has 2 heterocycles. The molecule has 0 aromatic carbocycles. The molecule has 0 saturated heterocycles. The number of hydrogen-bond acceptors (Lipinski definition) is 5. The van der Waals surface area contributed by atoms with Gasteiger partial charge in [-0.2, -0.15) is 5.10 Å². The van der Waals surface area contributed by atoms with Crippen molar-refractivity contribution in [3.63, 3.8) is 0 Å². The van der Waals surface area contributed by atoms with Gasteiger partial charge in [0, 0.05) is 6.07 Å². The van der Waals surface area contributed by atoms with Crippen LogP contribution in [0.25, 0.3) is 0 Å². The van der Waals surface area contributed by atoms with Gasteiger partial charge in [0.05, 0.1) is 24.5 Å². The third-order valence-electron chi connectivity index (χ3n) is 5.27. The molecule has 2 aliphatic rings. The van der Waals surface area contributed by atoms with Gasteiger partial charge in [-0.1, -0.05) is 6.42 Å². The molecule has 2 aromatic heterocycles. The molecule has 3 N–H and O–H groups in total. The number of nitrogens with two attached hydrogens (primary N) is 1. The van der Waals surface area contributed by atoms with Crippen molar-refractivity contribution in [1.82, 2.24) is 14.8 Å². The van der Waals surface area contributed by atoms with Crippen LogP contribution in [0.15, 0.2) is 12.3 Å². The number of nitrogen functional groups attached to an aromatic ring is 1. The maximum atomic E-state index is 13.4. The molecule has 2 saturated carbocycles. The average Bonchev–Trinajstić information content (AvgIpc) is 2.76. The maximum absolute atomic E-state index is 13.4. The van der Waals surface area contributed by atoms with Crippen LogP contribution >= 0.6 is 0 Å². The molecular formula is C18H24FN5O. The van der Waals surface area contributed by atoms with E-state index in [0.29, 0.717) is 24.4 Å². The summed E-state index contributed by atoms with van der Waals surface area (Å²) in [5.74, 6) is 2.17. The number of halogens is 1. The molecule has 0 radical (unpaired) electrons. The first-order valence-corrected chi connectivity index (χ1v) is 9.01. The Morgan fingerprint density at radius 1 is 1.32 bits per heavy atom. The largest absolute Gasteiger partial charge is 0.488 e. The standard InChI is InChI=1S/C18H24FN5O/c1-11-17(25-10-12-4-2-5-12)18(24(23-11)13-6-3-7-13)22-16-8-15(20)14(19)9-21-16/h8-9,12-13H,2-7,10H2,1H3,(H3,20,21,22). The molecule has 2 aliphatic carbocycles. The number of nitrogens with zero attached hydrogens (tertiary/aromatic N) is 3. The van der Waals surface area contributed by atoms with Crippen molar-refractivity contribution < 1.29 is 9.13 Å². The minimum Gasteiger partial charge on any atom is -0.488 e. The summed E-state index contributed by atoms with van der Waals surface area (Å²) in [5.41, 5.74) is 6.60. The first-order valence-electron chi connectivity index (χ1n) is 9.01. The SMILES string of the molecule is Cc1nn(C2CCC2)c(Nc2cc(N)c(F)cn2)c1OCC1CCC1. The first kappa shape index (κ1) is 16.2. The highest BCUT2D eigenvalue weighted by Crippen LogP contribution is 2.40. The lowest BCUT2D eigenvalue weighted by atomic mass is 9.86. The Labute approximate surface area is 146 Å². The van der Waals surface area contributed by atoms with Gasteiger partial charge in [0.15, 0.2) is 17.4 Å². The Bertz CT molecular complexity index is 767. The highest BCUT2D eigenvalue weighted by molar-refractivity contribution is 5.64. The number of hydrogen-bond donors (Lipinski definition) is 2. The smallest absolute Gasteiger partial charge is 0.184 e. The van der Waals surface area contributed by atoms with E-state index in [9.17, 15) is 4.39 Å². The van der Waals surface area contributed by atoms with Gasteiger partial charge >= 0.3 is 0 Å². The summed E-state index contributed by atoms with van der Waals surface area (Å²) >= 11 is 0. The number of nitrogens with one attached hydrogen (secondary N) is 1. The zero-order valence-electron chi connectivity index (χ0n) is 14.5. The molecule has 0 aliphatic heterocycles. The normalized spacial score (nSPS) is 17.8. The quantitative estimate of drug-likeness (QED) is 0.829. The predicted octanol–water partition coefficient (Wildman–Crippen LogP) is 3.96. The Morgan fingerprint density at radius 3 is 2.68 bits per heavy atom. The van der Waals surface area contributed by atoms with Crippen molar-refractivity contribution in [1.29, 1.82) is 0 Å². The Balaban J connectivity index is 1.62. The summed E-state index contributed by atoms with van der Waals surface area (Å²) in [5, 5.41) is 7.94. The second-order valence-electron chi connectivity index (χ2n) is 7.12. The molecule has 0 unspecified atom stereocenters. The summed E-state index contributed by atoms with van der Waals surface area (Å²) in [4.78, 5) is 4.09. The molecule has 7 heteroatoms. The van der Waals surface area contributed by atoms with Crippen LogP contribution in [-0.2, 0) is 0 Å². The zero-order valence-corrected chi connectivity index (χ0v) is 14.5. The van der Waals surface area contributed by atoms with Crippen molar-refractivity contribution in [2.24, 2.45) is 5.92 Å². The van der Waals surface area contributed by atoms with Crippen molar-refractivity contribution in [2.45, 2.75) is 51.5 Å². The number of rotatable bonds is 6. The average molecular weight is 345 g/mol. The van der Waals surface area contributed by atoms with Crippen molar-refractivity contribution in [3.05, 3.63) is 23.8 Å². The van der Waals surface area contributed by atoms with E-state index in [-0.39, 0.29) is 5.69 Å². The van der Waals surface area contributed by atoms with Crippen LogP contribution in [0.2, 0.25) is 0 Å². The van der Waals surface area contributed by atoms with Gasteiger partial charge < -0.3 is 15.8 Å². The summed E-state index contributed by atoms with van der Waals surface area (Å²) in [6.45, 7) is 2.67. The van der Waals surface area contributed by atoms with Crippen molar-refractivity contribution >= 4 is 17.3 Å². The van der Waals surface area contributed by atoms with E-state index >= 15 is 0 Å². The Kier molecular flexibility index (Phi) is 4.23. The Morgan fingerprint density at radius 2 is 2.08 bits per heavy atom. The van der Waals surface area contributed by atoms with Crippen molar-refractivity contribution in [2.75, 3.05) is 17.7 Å². The second-order valence-corrected chi connectivity index (χ2v) is 7.12. The number of anilines is 3. The molecule has 134 valence electrons. The maximum Gasteiger partial charge on any atom is 0.184 e. The summed E-state index contributed by atoms with van der Waals surface area (Å²) in [6.07, 6.45) is 8.31. The lowest BCUT2D eigenvalue weighted by Gasteiger charge is -2.28. The van der Waals surface area contributed by atoms with E-state index in [1.807, 2.05) is 11.6 Å². The molecular weight excluding hydrogens is 321 g/mol. The minimum atomic E-state index is -0.518. The molecule has 0 atom stereocenters. The van der Waals surface area contributed by atoms with Gasteiger partial charge in [0.25, 0.3) is 0 Å². The van der Waals surface area contributed by atoms with Crippen LogP contribution in [0.1, 0.15) is 50.3 Å². The minimum absolute atomic E-state index is 0.0702. The van der Waals surface area contributed by atoms with E-state index in [4.69, 9.17) is 10.5 Å². The fourth-order valence-corrected chi connectivity index (χ4v) is 3.22. The summed E-state index contributed by atoms with van der Waals surface area (Å²) in [7, 11) is 0. The Hall–Kier alpha value is -2.31. The van der Waals surface area contributed by atoms with E-state index in [1.165, 1.54) is 31.7 Å². The van der Waals surface area contributed by atoms with Crippen LogP contribution in [0.5, 0.6) is 5.75 Å². The molecule has 25 heavy (non-hydrogen) atoms.